The molecule has 0 aromatic heterocycles. The summed E-state index contributed by atoms with van der Waals surface area (Å²) < 4.78 is 0. The van der Waals surface area contributed by atoms with Gasteiger partial charge in [-0.1, -0.05) is 41.5 Å². The molecule has 2 fully saturated rings. The largest absolute Gasteiger partial charge is 0.356 e. The van der Waals surface area contributed by atoms with Gasteiger partial charge in [0.25, 0.3) is 0 Å². The van der Waals surface area contributed by atoms with Crippen LogP contribution in [0, 0.1) is 28.1 Å². The van der Waals surface area contributed by atoms with Crippen LogP contribution in [0.2, 0.25) is 0 Å². The van der Waals surface area contributed by atoms with E-state index >= 15 is 0 Å². The summed E-state index contributed by atoms with van der Waals surface area (Å²) in [4.78, 5) is 11.9. The summed E-state index contributed by atoms with van der Waals surface area (Å²) in [5.74, 6) is 1.31. The summed E-state index contributed by atoms with van der Waals surface area (Å²) in [7, 11) is 0. The van der Waals surface area contributed by atoms with Gasteiger partial charge in [-0.05, 0) is 41.4 Å². The predicted molar refractivity (Wildman–Crippen MR) is 75.2 cm³/mol. The third-order valence-electron chi connectivity index (χ3n) is 5.25. The average Bonchev–Trinajstić information content (AvgIpc) is 2.66. The van der Waals surface area contributed by atoms with Crippen LogP contribution in [0.3, 0.4) is 0 Å². The third kappa shape index (κ3) is 2.44. The van der Waals surface area contributed by atoms with Crippen LogP contribution < -0.4 is 5.32 Å². The Labute approximate surface area is 112 Å². The number of nitrogens with one attached hydrogen (secondary N) is 1. The van der Waals surface area contributed by atoms with Crippen LogP contribution in [0.25, 0.3) is 0 Å². The third-order valence-corrected chi connectivity index (χ3v) is 5.25. The van der Waals surface area contributed by atoms with Gasteiger partial charge < -0.3 is 5.32 Å². The van der Waals surface area contributed by atoms with Crippen molar-refractivity contribution in [3.8, 4) is 0 Å². The van der Waals surface area contributed by atoms with Crippen LogP contribution in [0.15, 0.2) is 0 Å². The maximum atomic E-state index is 11.9. The first-order valence-electron chi connectivity index (χ1n) is 7.34. The van der Waals surface area contributed by atoms with E-state index in [-0.39, 0.29) is 17.2 Å². The molecule has 3 atom stereocenters. The Hall–Kier alpha value is -0.530. The Morgan fingerprint density at radius 2 is 1.89 bits per heavy atom. The highest BCUT2D eigenvalue weighted by Gasteiger charge is 2.58. The molecule has 1 aliphatic carbocycles. The van der Waals surface area contributed by atoms with Crippen LogP contribution in [-0.2, 0) is 4.79 Å². The number of hydrogen-bond acceptors (Lipinski definition) is 1. The van der Waals surface area contributed by atoms with E-state index < -0.39 is 0 Å². The van der Waals surface area contributed by atoms with E-state index in [1.165, 1.54) is 12.8 Å². The first-order chi connectivity index (χ1) is 8.06. The Bertz CT molecular complexity index is 353. The van der Waals surface area contributed by atoms with Crippen LogP contribution in [-0.4, -0.2) is 12.5 Å². The number of amides is 1. The molecule has 1 heterocycles. The van der Waals surface area contributed by atoms with Gasteiger partial charge in [0.1, 0.15) is 0 Å². The molecule has 2 heteroatoms. The smallest absolute Gasteiger partial charge is 0.223 e. The summed E-state index contributed by atoms with van der Waals surface area (Å²) >= 11 is 0. The molecule has 18 heavy (non-hydrogen) atoms. The van der Waals surface area contributed by atoms with Crippen molar-refractivity contribution < 1.29 is 4.79 Å². The Balaban J connectivity index is 2.03. The molecule has 0 aromatic rings. The fraction of sp³-hybridized carbons (Fsp3) is 0.938. The van der Waals surface area contributed by atoms with Crippen LogP contribution in [0.1, 0.15) is 60.8 Å². The van der Waals surface area contributed by atoms with Crippen LogP contribution in [0.5, 0.6) is 0 Å². The Morgan fingerprint density at radius 1 is 1.28 bits per heavy atom. The minimum atomic E-state index is 0.134. The van der Waals surface area contributed by atoms with Crippen molar-refractivity contribution >= 4 is 5.91 Å². The first kappa shape index (κ1) is 13.9. The van der Waals surface area contributed by atoms with Crippen LogP contribution in [0.4, 0.5) is 0 Å². The molecule has 104 valence electrons. The monoisotopic (exact) mass is 251 g/mol. The lowest BCUT2D eigenvalue weighted by atomic mass is 9.69. The zero-order valence-corrected chi connectivity index (χ0v) is 12.9. The Morgan fingerprint density at radius 3 is 2.28 bits per heavy atom. The summed E-state index contributed by atoms with van der Waals surface area (Å²) in [5, 5.41) is 2.98. The van der Waals surface area contributed by atoms with Gasteiger partial charge in [0.15, 0.2) is 0 Å². The second-order valence-electron chi connectivity index (χ2n) is 8.57. The lowest BCUT2D eigenvalue weighted by molar-refractivity contribution is -0.125. The van der Waals surface area contributed by atoms with Gasteiger partial charge in [-0.15, -0.1) is 0 Å². The summed E-state index contributed by atoms with van der Waals surface area (Å²) in [6.45, 7) is 14.9. The number of carbonyl (C=O) groups excluding carboxylic acids is 1. The standard InChI is InChI=1S/C16H29NO/c1-14(2,3)12-9-16(12,6)10-15(4,5)11-7-8-17-13(11)18/h11-12H,7-10H2,1-6H3,(H,17,18). The van der Waals surface area contributed by atoms with E-state index in [0.29, 0.717) is 10.8 Å². The molecule has 0 radical (unpaired) electrons. The van der Waals surface area contributed by atoms with Crippen LogP contribution >= 0.6 is 0 Å². The molecular formula is C16H29NO. The van der Waals surface area contributed by atoms with Gasteiger partial charge in [-0.25, -0.2) is 0 Å². The number of rotatable bonds is 3. The minimum Gasteiger partial charge on any atom is -0.356 e. The van der Waals surface area contributed by atoms with E-state index in [4.69, 9.17) is 0 Å². The normalized spacial score (nSPS) is 36.7. The molecule has 1 saturated carbocycles. The highest BCUT2D eigenvalue weighted by Crippen LogP contribution is 2.65. The predicted octanol–water partition coefficient (Wildman–Crippen LogP) is 3.61. The molecule has 1 aliphatic heterocycles. The highest BCUT2D eigenvalue weighted by molar-refractivity contribution is 5.81. The van der Waals surface area contributed by atoms with Gasteiger partial charge in [0.05, 0.1) is 0 Å². The minimum absolute atomic E-state index is 0.134. The first-order valence-corrected chi connectivity index (χ1v) is 7.34. The van der Waals surface area contributed by atoms with Crippen molar-refractivity contribution in [1.29, 1.82) is 0 Å². The number of hydrogen-bond donors (Lipinski definition) is 1. The molecule has 2 rings (SSSR count). The molecule has 0 bridgehead atoms. The maximum absolute atomic E-state index is 11.9. The van der Waals surface area contributed by atoms with Crippen molar-refractivity contribution in [1.82, 2.24) is 5.32 Å². The quantitative estimate of drug-likeness (QED) is 0.815. The van der Waals surface area contributed by atoms with Crippen molar-refractivity contribution in [2.45, 2.75) is 60.8 Å². The molecule has 1 saturated heterocycles. The highest BCUT2D eigenvalue weighted by atomic mass is 16.2. The summed E-state index contributed by atoms with van der Waals surface area (Å²) in [6.07, 6.45) is 3.52. The zero-order chi connectivity index (χ0) is 13.8. The topological polar surface area (TPSA) is 29.1 Å². The van der Waals surface area contributed by atoms with E-state index in [1.54, 1.807) is 0 Å². The second-order valence-corrected chi connectivity index (χ2v) is 8.57. The van der Waals surface area contributed by atoms with Gasteiger partial charge in [0, 0.05) is 12.5 Å². The SMILES string of the molecule is CC(C)(C)C1CC1(C)CC(C)(C)C1CCNC1=O. The van der Waals surface area contributed by atoms with Crippen molar-refractivity contribution in [2.24, 2.45) is 28.1 Å². The zero-order valence-electron chi connectivity index (χ0n) is 12.9. The van der Waals surface area contributed by atoms with Gasteiger partial charge >= 0.3 is 0 Å². The molecule has 2 aliphatic rings. The van der Waals surface area contributed by atoms with E-state index in [9.17, 15) is 4.79 Å². The van der Waals surface area contributed by atoms with Gasteiger partial charge in [-0.2, -0.15) is 0 Å². The van der Waals surface area contributed by atoms with Gasteiger partial charge in [0.2, 0.25) is 5.91 Å². The molecule has 0 aromatic carbocycles. The summed E-state index contributed by atoms with van der Waals surface area (Å²) in [5.41, 5.74) is 0.989. The average molecular weight is 251 g/mol. The van der Waals surface area contributed by atoms with E-state index in [2.05, 4.69) is 46.9 Å². The second kappa shape index (κ2) is 3.98. The fourth-order valence-corrected chi connectivity index (χ4v) is 4.46. The fourth-order valence-electron chi connectivity index (χ4n) is 4.46. The Kier molecular flexibility index (Phi) is 3.07. The van der Waals surface area contributed by atoms with Crippen molar-refractivity contribution in [2.75, 3.05) is 6.54 Å². The van der Waals surface area contributed by atoms with E-state index in [0.717, 1.165) is 18.9 Å². The molecule has 2 nitrogen and oxygen atoms in total. The van der Waals surface area contributed by atoms with Crippen molar-refractivity contribution in [3.63, 3.8) is 0 Å². The van der Waals surface area contributed by atoms with Crippen molar-refractivity contribution in [3.05, 3.63) is 0 Å². The maximum Gasteiger partial charge on any atom is 0.223 e. The molecule has 3 unspecified atom stereocenters. The molecule has 1 N–H and O–H groups in total. The van der Waals surface area contributed by atoms with Gasteiger partial charge in [-0.3, -0.25) is 4.79 Å². The van der Waals surface area contributed by atoms with E-state index in [1.807, 2.05) is 0 Å². The molecule has 1 amide bonds. The molecular weight excluding hydrogens is 222 g/mol. The number of carbonyl (C=O) groups is 1. The lowest BCUT2D eigenvalue weighted by Crippen LogP contribution is -2.33. The molecule has 0 spiro atoms. The summed E-state index contributed by atoms with van der Waals surface area (Å²) in [6, 6.07) is 0. The lowest BCUT2D eigenvalue weighted by Gasteiger charge is -2.34.